The fraction of sp³-hybridized carbons (Fsp3) is 0.682. The Balaban J connectivity index is 0.00000420. The molecule has 2 N–H and O–H groups in total. The molecule has 0 amide bonds. The second-order valence-electron chi connectivity index (χ2n) is 7.45. The maximum atomic E-state index is 5.42. The van der Waals surface area contributed by atoms with Crippen LogP contribution < -0.4 is 15.4 Å². The molecule has 1 aliphatic rings. The average molecular weight is 518 g/mol. The molecule has 0 unspecified atom stereocenters. The zero-order valence-corrected chi connectivity index (χ0v) is 20.6. The van der Waals surface area contributed by atoms with E-state index >= 15 is 0 Å². The van der Waals surface area contributed by atoms with Crippen LogP contribution in [-0.4, -0.2) is 64.4 Å². The van der Waals surface area contributed by atoms with Gasteiger partial charge in [0.25, 0.3) is 0 Å². The highest BCUT2D eigenvalue weighted by Crippen LogP contribution is 2.18. The lowest BCUT2D eigenvalue weighted by molar-refractivity contribution is 0.145. The summed E-state index contributed by atoms with van der Waals surface area (Å²) in [5.74, 6) is 2.59. The molecule has 6 nitrogen and oxygen atoms in total. The molecule has 0 radical (unpaired) electrons. The fourth-order valence-corrected chi connectivity index (χ4v) is 3.35. The van der Waals surface area contributed by atoms with Crippen LogP contribution in [0.3, 0.4) is 0 Å². The van der Waals surface area contributed by atoms with Gasteiger partial charge in [0.2, 0.25) is 0 Å². The van der Waals surface area contributed by atoms with Gasteiger partial charge in [-0.05, 0) is 76.4 Å². The normalized spacial score (nSPS) is 15.6. The zero-order valence-electron chi connectivity index (χ0n) is 18.3. The summed E-state index contributed by atoms with van der Waals surface area (Å²) in [6, 6.07) is 8.09. The Bertz CT molecular complexity index is 560. The van der Waals surface area contributed by atoms with Crippen LogP contribution in [-0.2, 0) is 11.3 Å². The first-order chi connectivity index (χ1) is 13.7. The second-order valence-corrected chi connectivity index (χ2v) is 7.45. The Hall–Kier alpha value is -1.06. The monoisotopic (exact) mass is 518 g/mol. The van der Waals surface area contributed by atoms with Crippen molar-refractivity contribution >= 4 is 29.9 Å². The SMILES string of the molecule is CCOCCCNC(=NCc1ccc(OC)cc1)NCCC1CCN(C)CC1.I. The summed E-state index contributed by atoms with van der Waals surface area (Å²) in [6.07, 6.45) is 4.79. The van der Waals surface area contributed by atoms with Crippen LogP contribution in [0.1, 0.15) is 38.2 Å². The zero-order chi connectivity index (χ0) is 20.0. The number of hydrogen-bond donors (Lipinski definition) is 2. The van der Waals surface area contributed by atoms with Crippen LogP contribution in [0.5, 0.6) is 5.75 Å². The fourth-order valence-electron chi connectivity index (χ4n) is 3.35. The van der Waals surface area contributed by atoms with E-state index in [0.29, 0.717) is 6.54 Å². The number of ether oxygens (including phenoxy) is 2. The summed E-state index contributed by atoms with van der Waals surface area (Å²) in [4.78, 5) is 7.19. The molecule has 2 rings (SSSR count). The van der Waals surface area contributed by atoms with Gasteiger partial charge in [0, 0.05) is 26.3 Å². The number of nitrogens with one attached hydrogen (secondary N) is 2. The number of guanidine groups is 1. The van der Waals surface area contributed by atoms with Crippen molar-refractivity contribution in [2.75, 3.05) is 53.6 Å². The molecule has 0 spiro atoms. The summed E-state index contributed by atoms with van der Waals surface area (Å²) in [5.41, 5.74) is 1.17. The molecule has 1 aromatic rings. The smallest absolute Gasteiger partial charge is 0.191 e. The molecule has 7 heteroatoms. The molecule has 166 valence electrons. The van der Waals surface area contributed by atoms with Crippen molar-refractivity contribution < 1.29 is 9.47 Å². The molecule has 0 aromatic heterocycles. The molecule has 0 aliphatic carbocycles. The molecular formula is C22H39IN4O2. The Kier molecular flexibility index (Phi) is 14.1. The number of methoxy groups -OCH3 is 1. The van der Waals surface area contributed by atoms with E-state index in [-0.39, 0.29) is 24.0 Å². The topological polar surface area (TPSA) is 58.1 Å². The van der Waals surface area contributed by atoms with Gasteiger partial charge in [-0.1, -0.05) is 12.1 Å². The summed E-state index contributed by atoms with van der Waals surface area (Å²) >= 11 is 0. The van der Waals surface area contributed by atoms with E-state index < -0.39 is 0 Å². The lowest BCUT2D eigenvalue weighted by Gasteiger charge is -2.29. The van der Waals surface area contributed by atoms with Crippen molar-refractivity contribution in [2.45, 2.75) is 39.2 Å². The minimum Gasteiger partial charge on any atom is -0.497 e. The minimum atomic E-state index is 0. The number of nitrogens with zero attached hydrogens (tertiary/aromatic N) is 2. The van der Waals surface area contributed by atoms with Crippen molar-refractivity contribution in [3.05, 3.63) is 29.8 Å². The van der Waals surface area contributed by atoms with Crippen LogP contribution in [0.2, 0.25) is 0 Å². The van der Waals surface area contributed by atoms with Crippen molar-refractivity contribution in [3.63, 3.8) is 0 Å². The van der Waals surface area contributed by atoms with Crippen LogP contribution >= 0.6 is 24.0 Å². The molecular weight excluding hydrogens is 479 g/mol. The number of likely N-dealkylation sites (tertiary alicyclic amines) is 1. The number of aliphatic imine (C=N–C) groups is 1. The Morgan fingerprint density at radius 1 is 1.14 bits per heavy atom. The van der Waals surface area contributed by atoms with E-state index in [9.17, 15) is 0 Å². The molecule has 1 saturated heterocycles. The average Bonchev–Trinajstić information content (AvgIpc) is 2.73. The first-order valence-corrected chi connectivity index (χ1v) is 10.6. The van der Waals surface area contributed by atoms with E-state index in [1.165, 1.54) is 37.9 Å². The first-order valence-electron chi connectivity index (χ1n) is 10.6. The lowest BCUT2D eigenvalue weighted by atomic mass is 9.94. The van der Waals surface area contributed by atoms with Gasteiger partial charge in [0.1, 0.15) is 5.75 Å². The van der Waals surface area contributed by atoms with Gasteiger partial charge in [0.05, 0.1) is 13.7 Å². The highest BCUT2D eigenvalue weighted by molar-refractivity contribution is 14.0. The highest BCUT2D eigenvalue weighted by Gasteiger charge is 2.16. The predicted molar refractivity (Wildman–Crippen MR) is 132 cm³/mol. The summed E-state index contributed by atoms with van der Waals surface area (Å²) in [5, 5.41) is 6.96. The van der Waals surface area contributed by atoms with Gasteiger partial charge in [-0.25, -0.2) is 4.99 Å². The van der Waals surface area contributed by atoms with Crippen LogP contribution in [0.4, 0.5) is 0 Å². The van der Waals surface area contributed by atoms with E-state index in [1.807, 2.05) is 19.1 Å². The number of halogens is 1. The van der Waals surface area contributed by atoms with Crippen LogP contribution in [0.25, 0.3) is 0 Å². The molecule has 1 aromatic carbocycles. The Labute approximate surface area is 193 Å². The quantitative estimate of drug-likeness (QED) is 0.203. The summed E-state index contributed by atoms with van der Waals surface area (Å²) < 4.78 is 10.6. The molecule has 1 heterocycles. The number of hydrogen-bond acceptors (Lipinski definition) is 4. The van der Waals surface area contributed by atoms with Gasteiger partial charge in [-0.3, -0.25) is 0 Å². The third-order valence-corrected chi connectivity index (χ3v) is 5.22. The number of rotatable bonds is 11. The van der Waals surface area contributed by atoms with E-state index in [2.05, 4.69) is 34.7 Å². The molecule has 0 atom stereocenters. The second kappa shape index (κ2) is 15.7. The van der Waals surface area contributed by atoms with Gasteiger partial charge < -0.3 is 25.0 Å². The standard InChI is InChI=1S/C22H38N4O2.HI/c1-4-28-17-5-13-23-22(24-14-10-19-11-15-26(2)16-12-19)25-18-20-6-8-21(27-3)9-7-20;/h6-9,19H,4-5,10-18H2,1-3H3,(H2,23,24,25);1H. The van der Waals surface area contributed by atoms with Crippen molar-refractivity contribution in [1.29, 1.82) is 0 Å². The minimum absolute atomic E-state index is 0. The van der Waals surface area contributed by atoms with Crippen molar-refractivity contribution in [2.24, 2.45) is 10.9 Å². The van der Waals surface area contributed by atoms with Gasteiger partial charge in [-0.15, -0.1) is 24.0 Å². The van der Waals surface area contributed by atoms with Crippen molar-refractivity contribution in [3.8, 4) is 5.75 Å². The third-order valence-electron chi connectivity index (χ3n) is 5.22. The molecule has 0 bridgehead atoms. The van der Waals surface area contributed by atoms with Crippen LogP contribution in [0.15, 0.2) is 29.3 Å². The molecule has 1 aliphatic heterocycles. The van der Waals surface area contributed by atoms with Gasteiger partial charge in [0.15, 0.2) is 5.96 Å². The highest BCUT2D eigenvalue weighted by atomic mass is 127. The largest absolute Gasteiger partial charge is 0.497 e. The van der Waals surface area contributed by atoms with E-state index in [1.54, 1.807) is 7.11 Å². The maximum absolute atomic E-state index is 5.42. The van der Waals surface area contributed by atoms with E-state index in [0.717, 1.165) is 50.4 Å². The third kappa shape index (κ3) is 11.1. The summed E-state index contributed by atoms with van der Waals surface area (Å²) in [6.45, 7) is 8.51. The Morgan fingerprint density at radius 2 is 1.83 bits per heavy atom. The number of piperidine rings is 1. The maximum Gasteiger partial charge on any atom is 0.191 e. The Morgan fingerprint density at radius 3 is 2.48 bits per heavy atom. The van der Waals surface area contributed by atoms with Gasteiger partial charge in [-0.2, -0.15) is 0 Å². The number of benzene rings is 1. The molecule has 1 fully saturated rings. The molecule has 29 heavy (non-hydrogen) atoms. The predicted octanol–water partition coefficient (Wildman–Crippen LogP) is 3.51. The molecule has 0 saturated carbocycles. The lowest BCUT2D eigenvalue weighted by Crippen LogP contribution is -2.40. The first kappa shape index (κ1) is 26.0. The van der Waals surface area contributed by atoms with Crippen molar-refractivity contribution in [1.82, 2.24) is 15.5 Å². The summed E-state index contributed by atoms with van der Waals surface area (Å²) in [7, 11) is 3.90. The van der Waals surface area contributed by atoms with Gasteiger partial charge >= 0.3 is 0 Å². The van der Waals surface area contributed by atoms with Crippen LogP contribution in [0, 0.1) is 5.92 Å². The van der Waals surface area contributed by atoms with E-state index in [4.69, 9.17) is 14.5 Å².